The van der Waals surface area contributed by atoms with Gasteiger partial charge in [-0.25, -0.2) is 0 Å². The van der Waals surface area contributed by atoms with Crippen molar-refractivity contribution in [1.82, 2.24) is 0 Å². The minimum atomic E-state index is -0.521. The third kappa shape index (κ3) is 5.49. The largest absolute Gasteiger partial charge is 0.513 e. The van der Waals surface area contributed by atoms with Gasteiger partial charge in [-0.3, -0.25) is 4.99 Å². The van der Waals surface area contributed by atoms with Gasteiger partial charge in [0.1, 0.15) is 11.4 Å². The van der Waals surface area contributed by atoms with Crippen LogP contribution in [-0.4, -0.2) is 16.4 Å². The predicted octanol–water partition coefficient (Wildman–Crippen LogP) is 8.17. The Labute approximate surface area is 192 Å². The van der Waals surface area contributed by atoms with Crippen molar-refractivity contribution in [3.8, 4) is 5.75 Å². The maximum atomic E-state index is 10.4. The zero-order valence-electron chi connectivity index (χ0n) is 17.9. The van der Waals surface area contributed by atoms with E-state index in [0.717, 1.165) is 22.1 Å². The second-order valence-electron chi connectivity index (χ2n) is 7.43. The van der Waals surface area contributed by atoms with Crippen molar-refractivity contribution in [2.24, 2.45) is 4.99 Å². The number of thiophene rings is 1. The molecule has 0 saturated carbocycles. The van der Waals surface area contributed by atoms with Crippen LogP contribution in [0.4, 0.5) is 5.69 Å². The molecule has 0 amide bonds. The number of aromatic hydroxyl groups is 1. The van der Waals surface area contributed by atoms with Crippen LogP contribution in [0.15, 0.2) is 83.6 Å². The average molecular weight is 450 g/mol. The van der Waals surface area contributed by atoms with Gasteiger partial charge in [-0.15, -0.1) is 11.3 Å². The summed E-state index contributed by atoms with van der Waals surface area (Å²) in [4.78, 5) is 4.64. The minimum Gasteiger partial charge on any atom is -0.513 e. The van der Waals surface area contributed by atoms with E-state index in [1.807, 2.05) is 62.4 Å². The summed E-state index contributed by atoms with van der Waals surface area (Å²) in [6.45, 7) is 5.65. The fourth-order valence-corrected chi connectivity index (χ4v) is 4.63. The molecule has 3 nitrogen and oxygen atoms in total. The molecular formula is C26H27NO2S2. The Balaban J connectivity index is 0.000000401. The molecule has 0 spiro atoms. The molecule has 4 rings (SSSR count). The summed E-state index contributed by atoms with van der Waals surface area (Å²) >= 11 is 6.41. The molecule has 0 fully saturated rings. The van der Waals surface area contributed by atoms with Crippen molar-refractivity contribution in [2.75, 3.05) is 0 Å². The number of aliphatic hydroxyl groups is 1. The van der Waals surface area contributed by atoms with Gasteiger partial charge >= 0.3 is 0 Å². The van der Waals surface area contributed by atoms with Gasteiger partial charge < -0.3 is 10.2 Å². The van der Waals surface area contributed by atoms with Crippen LogP contribution in [0.25, 0.3) is 20.2 Å². The van der Waals surface area contributed by atoms with Gasteiger partial charge in [-0.1, -0.05) is 55.5 Å². The number of aliphatic imine (C=N–C) groups is 1. The maximum Gasteiger partial charge on any atom is 0.142 e. The molecule has 0 bridgehead atoms. The molecule has 0 aliphatic rings. The van der Waals surface area contributed by atoms with Gasteiger partial charge in [-0.2, -0.15) is 12.6 Å². The Morgan fingerprint density at radius 1 is 1.03 bits per heavy atom. The molecule has 1 aromatic heterocycles. The molecule has 2 N–H and O–H groups in total. The van der Waals surface area contributed by atoms with Crippen molar-refractivity contribution in [2.45, 2.75) is 31.9 Å². The highest BCUT2D eigenvalue weighted by Crippen LogP contribution is 2.44. The lowest BCUT2D eigenvalue weighted by molar-refractivity contribution is 0.412. The highest BCUT2D eigenvalue weighted by atomic mass is 32.1. The molecule has 1 heterocycles. The summed E-state index contributed by atoms with van der Waals surface area (Å²) < 4.78 is 1.66. The summed E-state index contributed by atoms with van der Waals surface area (Å²) in [7, 11) is 0. The molecule has 0 aliphatic carbocycles. The molecule has 5 heteroatoms. The normalized spacial score (nSPS) is 13.9. The van der Waals surface area contributed by atoms with Crippen LogP contribution in [0, 0.1) is 0 Å². The average Bonchev–Trinajstić information content (AvgIpc) is 3.13. The van der Waals surface area contributed by atoms with E-state index < -0.39 is 4.75 Å². The van der Waals surface area contributed by atoms with Crippen molar-refractivity contribution >= 4 is 56.0 Å². The van der Waals surface area contributed by atoms with Crippen LogP contribution < -0.4 is 0 Å². The number of nitrogens with zero attached hydrogens (tertiary/aromatic N) is 1. The Bertz CT molecular complexity index is 1220. The SMILES string of the molecule is CC(S)(C=Nc1c(O)ccc2c1sc1ccccc12)c1ccccc1.CC/C=C(/C)O. The van der Waals surface area contributed by atoms with E-state index in [1.54, 1.807) is 36.6 Å². The Hall–Kier alpha value is -2.76. The molecule has 1 atom stereocenters. The second-order valence-corrected chi connectivity index (χ2v) is 9.41. The molecule has 160 valence electrons. The number of phenolic OH excluding ortho intramolecular Hbond substituents is 1. The first-order chi connectivity index (χ1) is 14.8. The molecule has 3 aromatic carbocycles. The minimum absolute atomic E-state index is 0.188. The maximum absolute atomic E-state index is 10.4. The molecule has 0 saturated heterocycles. The first-order valence-electron chi connectivity index (χ1n) is 10.2. The summed E-state index contributed by atoms with van der Waals surface area (Å²) in [6, 6.07) is 21.9. The van der Waals surface area contributed by atoms with E-state index in [4.69, 9.17) is 17.7 Å². The lowest BCUT2D eigenvalue weighted by Gasteiger charge is -2.18. The van der Waals surface area contributed by atoms with E-state index in [9.17, 15) is 5.11 Å². The van der Waals surface area contributed by atoms with Gasteiger partial charge in [0.05, 0.1) is 15.2 Å². The third-order valence-electron chi connectivity index (χ3n) is 4.80. The molecule has 1 unspecified atom stereocenters. The number of phenols is 1. The summed E-state index contributed by atoms with van der Waals surface area (Å²) in [5, 5.41) is 21.1. The summed E-state index contributed by atoms with van der Waals surface area (Å²) in [6.07, 6.45) is 4.48. The second kappa shape index (κ2) is 10.0. The molecule has 0 radical (unpaired) electrons. The van der Waals surface area contributed by atoms with E-state index in [1.165, 1.54) is 10.1 Å². The van der Waals surface area contributed by atoms with Gasteiger partial charge in [0.15, 0.2) is 0 Å². The number of fused-ring (bicyclic) bond motifs is 3. The molecule has 4 aromatic rings. The van der Waals surface area contributed by atoms with E-state index in [0.29, 0.717) is 11.4 Å². The Morgan fingerprint density at radius 3 is 2.35 bits per heavy atom. The van der Waals surface area contributed by atoms with Gasteiger partial charge in [0, 0.05) is 21.7 Å². The first-order valence-corrected chi connectivity index (χ1v) is 11.4. The summed E-state index contributed by atoms with van der Waals surface area (Å²) in [5.41, 5.74) is 1.67. The van der Waals surface area contributed by atoms with Crippen LogP contribution in [-0.2, 0) is 4.75 Å². The summed E-state index contributed by atoms with van der Waals surface area (Å²) in [5.74, 6) is 0.602. The van der Waals surface area contributed by atoms with Crippen molar-refractivity contribution in [1.29, 1.82) is 0 Å². The molecular weight excluding hydrogens is 422 g/mol. The van der Waals surface area contributed by atoms with E-state index in [-0.39, 0.29) is 5.75 Å². The van der Waals surface area contributed by atoms with Crippen LogP contribution >= 0.6 is 24.0 Å². The van der Waals surface area contributed by atoms with Crippen molar-refractivity contribution < 1.29 is 10.2 Å². The zero-order valence-corrected chi connectivity index (χ0v) is 19.6. The monoisotopic (exact) mass is 449 g/mol. The topological polar surface area (TPSA) is 52.8 Å². The van der Waals surface area contributed by atoms with Crippen molar-refractivity contribution in [3.05, 3.63) is 84.1 Å². The van der Waals surface area contributed by atoms with Gasteiger partial charge in [0.25, 0.3) is 0 Å². The number of thiol groups is 1. The molecule has 31 heavy (non-hydrogen) atoms. The predicted molar refractivity (Wildman–Crippen MR) is 139 cm³/mol. The fraction of sp³-hybridized carbons (Fsp3) is 0.192. The van der Waals surface area contributed by atoms with Crippen LogP contribution in [0.5, 0.6) is 5.75 Å². The van der Waals surface area contributed by atoms with Gasteiger partial charge in [0.2, 0.25) is 0 Å². The lowest BCUT2D eigenvalue weighted by atomic mass is 10.0. The molecule has 0 aliphatic heterocycles. The number of rotatable bonds is 4. The third-order valence-corrected chi connectivity index (χ3v) is 6.37. The highest BCUT2D eigenvalue weighted by molar-refractivity contribution is 7.82. The van der Waals surface area contributed by atoms with Crippen LogP contribution in [0.2, 0.25) is 0 Å². The highest BCUT2D eigenvalue weighted by Gasteiger charge is 2.20. The van der Waals surface area contributed by atoms with E-state index in [2.05, 4.69) is 17.1 Å². The number of allylic oxidation sites excluding steroid dienone is 2. The van der Waals surface area contributed by atoms with Crippen LogP contribution in [0.3, 0.4) is 0 Å². The Kier molecular flexibility index (Phi) is 7.42. The van der Waals surface area contributed by atoms with Crippen molar-refractivity contribution in [3.63, 3.8) is 0 Å². The number of hydrogen-bond acceptors (Lipinski definition) is 5. The fourth-order valence-electron chi connectivity index (χ4n) is 3.22. The van der Waals surface area contributed by atoms with E-state index >= 15 is 0 Å². The van der Waals surface area contributed by atoms with Crippen LogP contribution in [0.1, 0.15) is 32.8 Å². The smallest absolute Gasteiger partial charge is 0.142 e. The Morgan fingerprint density at radius 2 is 1.71 bits per heavy atom. The zero-order chi connectivity index (χ0) is 22.4. The first kappa shape index (κ1) is 22.9. The number of benzene rings is 3. The number of hydrogen-bond donors (Lipinski definition) is 3. The number of aliphatic hydroxyl groups excluding tert-OH is 1. The van der Waals surface area contributed by atoms with Gasteiger partial charge in [-0.05, 0) is 50.1 Å². The quantitative estimate of drug-likeness (QED) is 0.167. The standard InChI is InChI=1S/C21H17NOS2.C5H10O/c1-21(24,14-7-3-2-4-8-14)13-22-19-17(23)12-11-16-15-9-5-6-10-18(15)25-20(16)19;1-3-4-5(2)6/h2-13,23-24H,1H3;4,6H,3H2,1-2H3/b;5-4-. The lowest BCUT2D eigenvalue weighted by Crippen LogP contribution is -2.15.